The summed E-state index contributed by atoms with van der Waals surface area (Å²) in [5.74, 6) is -1.57. The number of amides is 2. The minimum absolute atomic E-state index is 0.0742. The summed E-state index contributed by atoms with van der Waals surface area (Å²) in [5, 5.41) is 16.0. The number of carbonyl (C=O) groups is 2. The molecule has 0 radical (unpaired) electrons. The van der Waals surface area contributed by atoms with Crippen LogP contribution in [0.25, 0.3) is 11.3 Å². The minimum Gasteiger partial charge on any atom is -0.395 e. The third kappa shape index (κ3) is 4.94. The highest BCUT2D eigenvalue weighted by molar-refractivity contribution is 6.06. The molecule has 9 heteroatoms. The van der Waals surface area contributed by atoms with Gasteiger partial charge >= 0.3 is 0 Å². The van der Waals surface area contributed by atoms with E-state index < -0.39 is 24.2 Å². The van der Waals surface area contributed by atoms with Crippen molar-refractivity contribution in [2.24, 2.45) is 0 Å². The molecule has 1 aliphatic rings. The third-order valence-corrected chi connectivity index (χ3v) is 6.45. The second-order valence-corrected chi connectivity index (χ2v) is 8.90. The van der Waals surface area contributed by atoms with Gasteiger partial charge in [-0.25, -0.2) is 9.37 Å². The van der Waals surface area contributed by atoms with E-state index in [1.807, 2.05) is 30.3 Å². The molecule has 4 aromatic rings. The van der Waals surface area contributed by atoms with Crippen LogP contribution in [0.2, 0.25) is 0 Å². The predicted octanol–water partition coefficient (Wildman–Crippen LogP) is 4.30. The van der Waals surface area contributed by atoms with Crippen molar-refractivity contribution in [3.63, 3.8) is 0 Å². The number of carbonyl (C=O) groups excluding carboxylic acids is 2. The minimum atomic E-state index is -0.882. The van der Waals surface area contributed by atoms with E-state index in [4.69, 9.17) is 0 Å². The van der Waals surface area contributed by atoms with Crippen molar-refractivity contribution in [2.45, 2.75) is 12.3 Å². The first-order chi connectivity index (χ1) is 17.9. The van der Waals surface area contributed by atoms with Gasteiger partial charge in [0.1, 0.15) is 11.6 Å². The van der Waals surface area contributed by atoms with Gasteiger partial charge in [-0.3, -0.25) is 9.59 Å². The van der Waals surface area contributed by atoms with Gasteiger partial charge in [0.25, 0.3) is 5.91 Å². The van der Waals surface area contributed by atoms with Crippen molar-refractivity contribution in [1.29, 1.82) is 0 Å². The van der Waals surface area contributed by atoms with Gasteiger partial charge in [0.15, 0.2) is 0 Å². The number of anilines is 3. The van der Waals surface area contributed by atoms with Crippen LogP contribution in [-0.4, -0.2) is 52.0 Å². The van der Waals surface area contributed by atoms with Gasteiger partial charge in [0.2, 0.25) is 5.91 Å². The number of nitrogens with zero attached hydrogens (tertiary/aromatic N) is 2. The van der Waals surface area contributed by atoms with Gasteiger partial charge in [0, 0.05) is 43.2 Å². The first-order valence-electron chi connectivity index (χ1n) is 11.9. The van der Waals surface area contributed by atoms with E-state index in [1.54, 1.807) is 30.3 Å². The van der Waals surface area contributed by atoms with Gasteiger partial charge in [-0.05, 0) is 42.0 Å². The van der Waals surface area contributed by atoms with E-state index >= 15 is 0 Å². The van der Waals surface area contributed by atoms with Gasteiger partial charge in [0.05, 0.1) is 29.5 Å². The fourth-order valence-electron chi connectivity index (χ4n) is 4.46. The van der Waals surface area contributed by atoms with Crippen LogP contribution < -0.4 is 10.6 Å². The van der Waals surface area contributed by atoms with Gasteiger partial charge in [-0.2, -0.15) is 0 Å². The summed E-state index contributed by atoms with van der Waals surface area (Å²) in [7, 11) is 1.78. The molecule has 1 atom stereocenters. The molecule has 8 nitrogen and oxygen atoms in total. The highest BCUT2D eigenvalue weighted by Crippen LogP contribution is 2.38. The summed E-state index contributed by atoms with van der Waals surface area (Å²) in [4.78, 5) is 35.4. The molecule has 188 valence electrons. The number of hydrogen-bond acceptors (Lipinski definition) is 5. The topological polar surface area (TPSA) is 110 Å². The predicted molar refractivity (Wildman–Crippen MR) is 139 cm³/mol. The Morgan fingerprint density at radius 1 is 1.16 bits per heavy atom. The molecular weight excluding hydrogens is 473 g/mol. The zero-order valence-electron chi connectivity index (χ0n) is 20.2. The number of pyridine rings is 1. The van der Waals surface area contributed by atoms with E-state index in [1.165, 1.54) is 24.3 Å². The summed E-state index contributed by atoms with van der Waals surface area (Å²) in [6.07, 6.45) is 2.25. The van der Waals surface area contributed by atoms with Crippen LogP contribution in [0.15, 0.2) is 72.9 Å². The zero-order chi connectivity index (χ0) is 25.9. The lowest BCUT2D eigenvalue weighted by atomic mass is 9.99. The normalized spacial score (nSPS) is 13.7. The molecule has 2 amide bonds. The fourth-order valence-corrected chi connectivity index (χ4v) is 4.46. The Bertz CT molecular complexity index is 1440. The molecule has 0 saturated carbocycles. The lowest BCUT2D eigenvalue weighted by Crippen LogP contribution is -2.34. The van der Waals surface area contributed by atoms with E-state index in [0.29, 0.717) is 35.5 Å². The van der Waals surface area contributed by atoms with Crippen LogP contribution in [0.1, 0.15) is 27.5 Å². The second-order valence-electron chi connectivity index (χ2n) is 8.90. The standard InChI is InChI=1S/C28H26FN5O3/c1-34-14-12-22-24(28(34)37)26(31-20-5-3-2-4-6-20)25(32-22)18-11-13-30-23(15-18)33-27(36)21(16-35)17-7-9-19(29)10-8-17/h2-11,13,15,21,31-32,35H,12,14,16H2,1H3,(H,30,33,36)/t21-/m1/s1. The molecule has 0 spiro atoms. The SMILES string of the molecule is CN1CCc2[nH]c(-c3ccnc(NC(=O)[C@H](CO)c4ccc(F)cc4)c3)c(Nc3ccccc3)c2C1=O. The third-order valence-electron chi connectivity index (χ3n) is 6.45. The average Bonchev–Trinajstić information content (AvgIpc) is 3.27. The summed E-state index contributed by atoms with van der Waals surface area (Å²) in [6, 6.07) is 18.5. The Morgan fingerprint density at radius 3 is 2.65 bits per heavy atom. The van der Waals surface area contributed by atoms with Crippen LogP contribution in [-0.2, 0) is 11.2 Å². The smallest absolute Gasteiger partial charge is 0.257 e. The number of nitrogens with one attached hydrogen (secondary N) is 3. The van der Waals surface area contributed by atoms with Crippen molar-refractivity contribution in [3.05, 3.63) is 95.6 Å². The Labute approximate surface area is 213 Å². The van der Waals surface area contributed by atoms with Crippen LogP contribution in [0, 0.1) is 5.82 Å². The number of benzene rings is 2. The van der Waals surface area contributed by atoms with Crippen molar-refractivity contribution < 1.29 is 19.1 Å². The number of hydrogen-bond donors (Lipinski definition) is 4. The molecule has 0 bridgehead atoms. The maximum absolute atomic E-state index is 13.3. The van der Waals surface area contributed by atoms with Crippen molar-refractivity contribution in [1.82, 2.24) is 14.9 Å². The number of likely N-dealkylation sites (N-methyl/N-ethyl adjacent to an activating group) is 1. The number of aromatic amines is 1. The summed E-state index contributed by atoms with van der Waals surface area (Å²) in [5.41, 5.74) is 4.83. The Kier molecular flexibility index (Phi) is 6.70. The number of halogens is 1. The molecule has 5 rings (SSSR count). The molecule has 2 aromatic heterocycles. The monoisotopic (exact) mass is 499 g/mol. The number of aliphatic hydroxyl groups is 1. The maximum Gasteiger partial charge on any atom is 0.257 e. The summed E-state index contributed by atoms with van der Waals surface area (Å²) < 4.78 is 13.3. The number of aromatic nitrogens is 2. The molecule has 4 N–H and O–H groups in total. The van der Waals surface area contributed by atoms with Crippen LogP contribution >= 0.6 is 0 Å². The molecular formula is C28H26FN5O3. The van der Waals surface area contributed by atoms with E-state index in [9.17, 15) is 19.1 Å². The Hall–Kier alpha value is -4.50. The summed E-state index contributed by atoms with van der Waals surface area (Å²) in [6.45, 7) is 0.168. The molecule has 0 saturated heterocycles. The fraction of sp³-hybridized carbons (Fsp3) is 0.179. The largest absolute Gasteiger partial charge is 0.395 e. The molecule has 0 unspecified atom stereocenters. The summed E-state index contributed by atoms with van der Waals surface area (Å²) >= 11 is 0. The molecule has 37 heavy (non-hydrogen) atoms. The van der Waals surface area contributed by atoms with Crippen LogP contribution in [0.3, 0.4) is 0 Å². The lowest BCUT2D eigenvalue weighted by molar-refractivity contribution is -0.118. The first-order valence-corrected chi connectivity index (χ1v) is 11.9. The quantitative estimate of drug-likeness (QED) is 0.303. The van der Waals surface area contributed by atoms with Gasteiger partial charge < -0.3 is 25.6 Å². The first kappa shape index (κ1) is 24.2. The number of aliphatic hydroxyl groups excluding tert-OH is 1. The second kappa shape index (κ2) is 10.2. The lowest BCUT2D eigenvalue weighted by Gasteiger charge is -2.23. The van der Waals surface area contributed by atoms with E-state index in [-0.39, 0.29) is 11.7 Å². The van der Waals surface area contributed by atoms with Gasteiger partial charge in [-0.1, -0.05) is 30.3 Å². The molecule has 1 aliphatic heterocycles. The highest BCUT2D eigenvalue weighted by atomic mass is 19.1. The maximum atomic E-state index is 13.3. The van der Waals surface area contributed by atoms with Crippen molar-refractivity contribution >= 4 is 29.0 Å². The molecule has 2 aromatic carbocycles. The molecule has 0 aliphatic carbocycles. The van der Waals surface area contributed by atoms with Crippen molar-refractivity contribution in [2.75, 3.05) is 30.8 Å². The van der Waals surface area contributed by atoms with Crippen molar-refractivity contribution in [3.8, 4) is 11.3 Å². The Morgan fingerprint density at radius 2 is 1.92 bits per heavy atom. The van der Waals surface area contributed by atoms with Crippen LogP contribution in [0.4, 0.5) is 21.6 Å². The van der Waals surface area contributed by atoms with E-state index in [2.05, 4.69) is 20.6 Å². The number of fused-ring (bicyclic) bond motifs is 1. The van der Waals surface area contributed by atoms with E-state index in [0.717, 1.165) is 16.9 Å². The number of rotatable bonds is 7. The Balaban J connectivity index is 1.48. The van der Waals surface area contributed by atoms with Gasteiger partial charge in [-0.15, -0.1) is 0 Å². The number of H-pyrrole nitrogens is 1. The number of para-hydroxylation sites is 1. The molecule has 0 fully saturated rings. The average molecular weight is 500 g/mol. The molecule has 3 heterocycles. The zero-order valence-corrected chi connectivity index (χ0v) is 20.2. The van der Waals surface area contributed by atoms with Crippen LogP contribution in [0.5, 0.6) is 0 Å². The highest BCUT2D eigenvalue weighted by Gasteiger charge is 2.30.